The molecule has 2 aliphatic rings. The third-order valence-corrected chi connectivity index (χ3v) is 3.19. The Bertz CT molecular complexity index is 179. The second-order valence-electron chi connectivity index (χ2n) is 5.02. The molecule has 13 heavy (non-hydrogen) atoms. The van der Waals surface area contributed by atoms with Gasteiger partial charge in [0.05, 0.1) is 6.10 Å². The van der Waals surface area contributed by atoms with Crippen LogP contribution in [0.1, 0.15) is 13.3 Å². The van der Waals surface area contributed by atoms with Crippen molar-refractivity contribution in [3.8, 4) is 0 Å². The normalized spacial score (nSPS) is 29.8. The molecule has 0 aromatic carbocycles. The standard InChI is InChI=1S/C10H20N2O/c1-9(13)3-4-12-7-10(8-12)5-11(2)6-10/h9,13H,3-8H2,1-2H3/t9-/m0/s1. The van der Waals surface area contributed by atoms with Crippen molar-refractivity contribution >= 4 is 0 Å². The topological polar surface area (TPSA) is 26.7 Å². The zero-order valence-electron chi connectivity index (χ0n) is 8.66. The van der Waals surface area contributed by atoms with Crippen molar-refractivity contribution in [1.82, 2.24) is 9.80 Å². The van der Waals surface area contributed by atoms with Gasteiger partial charge in [0.2, 0.25) is 0 Å². The minimum atomic E-state index is -0.138. The van der Waals surface area contributed by atoms with Crippen LogP contribution in [0.2, 0.25) is 0 Å². The first-order valence-corrected chi connectivity index (χ1v) is 5.19. The van der Waals surface area contributed by atoms with Crippen LogP contribution < -0.4 is 0 Å². The van der Waals surface area contributed by atoms with Crippen LogP contribution >= 0.6 is 0 Å². The van der Waals surface area contributed by atoms with Gasteiger partial charge in [-0.1, -0.05) is 0 Å². The molecule has 1 N–H and O–H groups in total. The fourth-order valence-electron chi connectivity index (χ4n) is 2.73. The summed E-state index contributed by atoms with van der Waals surface area (Å²) in [5.41, 5.74) is 0.646. The number of likely N-dealkylation sites (tertiary alicyclic amines) is 2. The highest BCUT2D eigenvalue weighted by Gasteiger charge is 2.49. The molecular formula is C10H20N2O. The number of hydrogen-bond donors (Lipinski definition) is 1. The number of aliphatic hydroxyl groups is 1. The summed E-state index contributed by atoms with van der Waals surface area (Å²) in [5, 5.41) is 9.13. The van der Waals surface area contributed by atoms with E-state index in [1.165, 1.54) is 26.2 Å². The van der Waals surface area contributed by atoms with Crippen LogP contribution in [0.3, 0.4) is 0 Å². The van der Waals surface area contributed by atoms with Crippen LogP contribution in [0.15, 0.2) is 0 Å². The van der Waals surface area contributed by atoms with Gasteiger partial charge in [-0.2, -0.15) is 0 Å². The SMILES string of the molecule is C[C@H](O)CCN1CC2(CN(C)C2)C1. The monoisotopic (exact) mass is 184 g/mol. The van der Waals surface area contributed by atoms with Crippen LogP contribution in [0.5, 0.6) is 0 Å². The highest BCUT2D eigenvalue weighted by atomic mass is 16.3. The molecule has 2 fully saturated rings. The maximum Gasteiger partial charge on any atom is 0.0524 e. The average Bonchev–Trinajstić information content (AvgIpc) is 1.90. The lowest BCUT2D eigenvalue weighted by atomic mass is 9.73. The zero-order chi connectivity index (χ0) is 9.47. The van der Waals surface area contributed by atoms with Gasteiger partial charge in [0.15, 0.2) is 0 Å². The van der Waals surface area contributed by atoms with Crippen LogP contribution in [0.25, 0.3) is 0 Å². The predicted octanol–water partition coefficient (Wildman–Crippen LogP) is 0.00470. The van der Waals surface area contributed by atoms with Gasteiger partial charge < -0.3 is 14.9 Å². The lowest BCUT2D eigenvalue weighted by Crippen LogP contribution is -2.71. The molecule has 0 bridgehead atoms. The Balaban J connectivity index is 1.62. The Kier molecular flexibility index (Phi) is 2.34. The van der Waals surface area contributed by atoms with Gasteiger partial charge in [0.1, 0.15) is 0 Å². The highest BCUT2D eigenvalue weighted by molar-refractivity contribution is 5.04. The molecule has 0 radical (unpaired) electrons. The summed E-state index contributed by atoms with van der Waals surface area (Å²) in [6.07, 6.45) is 0.784. The molecule has 0 unspecified atom stereocenters. The van der Waals surface area contributed by atoms with E-state index in [1.54, 1.807) is 0 Å². The maximum absolute atomic E-state index is 9.13. The number of aliphatic hydroxyl groups excluding tert-OH is 1. The van der Waals surface area contributed by atoms with Gasteiger partial charge in [-0.05, 0) is 20.4 Å². The Labute approximate surface area is 80.3 Å². The molecule has 1 atom stereocenters. The number of hydrogen-bond acceptors (Lipinski definition) is 3. The van der Waals surface area contributed by atoms with Crippen molar-refractivity contribution < 1.29 is 5.11 Å². The lowest BCUT2D eigenvalue weighted by molar-refractivity contribution is -0.106. The first-order chi connectivity index (χ1) is 6.10. The van der Waals surface area contributed by atoms with Crippen molar-refractivity contribution in [2.45, 2.75) is 19.4 Å². The van der Waals surface area contributed by atoms with Gasteiger partial charge in [-0.3, -0.25) is 0 Å². The number of nitrogens with zero attached hydrogens (tertiary/aromatic N) is 2. The second kappa shape index (κ2) is 3.23. The molecule has 2 saturated heterocycles. The smallest absolute Gasteiger partial charge is 0.0524 e. The molecule has 0 amide bonds. The highest BCUT2D eigenvalue weighted by Crippen LogP contribution is 2.38. The summed E-state index contributed by atoms with van der Waals surface area (Å²) >= 11 is 0. The minimum absolute atomic E-state index is 0.138. The molecule has 2 rings (SSSR count). The molecule has 1 spiro atoms. The summed E-state index contributed by atoms with van der Waals surface area (Å²) < 4.78 is 0. The van der Waals surface area contributed by atoms with E-state index in [1.807, 2.05) is 6.92 Å². The molecule has 3 heteroatoms. The van der Waals surface area contributed by atoms with Crippen molar-refractivity contribution in [3.63, 3.8) is 0 Å². The fourth-order valence-corrected chi connectivity index (χ4v) is 2.73. The van der Waals surface area contributed by atoms with Gasteiger partial charge in [-0.25, -0.2) is 0 Å². The molecule has 0 aromatic rings. The molecule has 2 aliphatic heterocycles. The third kappa shape index (κ3) is 1.87. The van der Waals surface area contributed by atoms with Gasteiger partial charge >= 0.3 is 0 Å². The van der Waals surface area contributed by atoms with Crippen molar-refractivity contribution in [2.24, 2.45) is 5.41 Å². The largest absolute Gasteiger partial charge is 0.393 e. The minimum Gasteiger partial charge on any atom is -0.393 e. The first kappa shape index (κ1) is 9.44. The Morgan fingerprint density at radius 2 is 1.92 bits per heavy atom. The Hall–Kier alpha value is -0.120. The van der Waals surface area contributed by atoms with Crippen LogP contribution in [-0.4, -0.2) is 60.8 Å². The van der Waals surface area contributed by atoms with Gasteiger partial charge in [0.25, 0.3) is 0 Å². The maximum atomic E-state index is 9.13. The second-order valence-corrected chi connectivity index (χ2v) is 5.02. The molecule has 0 aromatic heterocycles. The molecule has 0 saturated carbocycles. The van der Waals surface area contributed by atoms with E-state index in [2.05, 4.69) is 16.8 Å². The Morgan fingerprint density at radius 3 is 2.38 bits per heavy atom. The first-order valence-electron chi connectivity index (χ1n) is 5.19. The van der Waals surface area contributed by atoms with E-state index >= 15 is 0 Å². The summed E-state index contributed by atoms with van der Waals surface area (Å²) in [6, 6.07) is 0. The van der Waals surface area contributed by atoms with Gasteiger partial charge in [0, 0.05) is 38.1 Å². The zero-order valence-corrected chi connectivity index (χ0v) is 8.66. The van der Waals surface area contributed by atoms with E-state index < -0.39 is 0 Å². The summed E-state index contributed by atoms with van der Waals surface area (Å²) in [4.78, 5) is 4.84. The summed E-state index contributed by atoms with van der Waals surface area (Å²) in [6.45, 7) is 8.00. The quantitative estimate of drug-likeness (QED) is 0.669. The average molecular weight is 184 g/mol. The van der Waals surface area contributed by atoms with Crippen molar-refractivity contribution in [1.29, 1.82) is 0 Å². The van der Waals surface area contributed by atoms with Crippen LogP contribution in [-0.2, 0) is 0 Å². The summed E-state index contributed by atoms with van der Waals surface area (Å²) in [5.74, 6) is 0. The molecule has 2 heterocycles. The third-order valence-electron chi connectivity index (χ3n) is 3.19. The molecule has 76 valence electrons. The summed E-state index contributed by atoms with van der Waals surface area (Å²) in [7, 11) is 2.18. The molecular weight excluding hydrogens is 164 g/mol. The molecule has 3 nitrogen and oxygen atoms in total. The van der Waals surface area contributed by atoms with E-state index in [0.717, 1.165) is 13.0 Å². The molecule has 0 aliphatic carbocycles. The van der Waals surface area contributed by atoms with E-state index in [4.69, 9.17) is 5.11 Å². The van der Waals surface area contributed by atoms with Crippen molar-refractivity contribution in [2.75, 3.05) is 39.8 Å². The van der Waals surface area contributed by atoms with E-state index in [0.29, 0.717) is 5.41 Å². The van der Waals surface area contributed by atoms with E-state index in [-0.39, 0.29) is 6.10 Å². The number of rotatable bonds is 3. The van der Waals surface area contributed by atoms with Crippen molar-refractivity contribution in [3.05, 3.63) is 0 Å². The van der Waals surface area contributed by atoms with Crippen LogP contribution in [0, 0.1) is 5.41 Å². The predicted molar refractivity (Wildman–Crippen MR) is 52.7 cm³/mol. The fraction of sp³-hybridized carbons (Fsp3) is 1.00. The Morgan fingerprint density at radius 1 is 1.31 bits per heavy atom. The lowest BCUT2D eigenvalue weighted by Gasteiger charge is -2.59. The van der Waals surface area contributed by atoms with Gasteiger partial charge in [-0.15, -0.1) is 0 Å². The van der Waals surface area contributed by atoms with Crippen LogP contribution in [0.4, 0.5) is 0 Å². The van der Waals surface area contributed by atoms with E-state index in [9.17, 15) is 0 Å².